The molecule has 0 radical (unpaired) electrons. The lowest BCUT2D eigenvalue weighted by molar-refractivity contribution is 0.0923. The Morgan fingerprint density at radius 1 is 1.13 bits per heavy atom. The van der Waals surface area contributed by atoms with E-state index in [0.717, 1.165) is 17.0 Å². The second-order valence-electron chi connectivity index (χ2n) is 6.31. The number of hydrogen-bond acceptors (Lipinski definition) is 7. The monoisotopic (exact) mass is 402 g/mol. The molecule has 0 aliphatic carbocycles. The lowest BCUT2D eigenvalue weighted by Gasteiger charge is -2.05. The number of furan rings is 1. The molecule has 2 heterocycles. The first-order valence-electron chi connectivity index (χ1n) is 9.14. The number of para-hydroxylation sites is 1. The van der Waals surface area contributed by atoms with Crippen LogP contribution in [0.5, 0.6) is 5.75 Å². The van der Waals surface area contributed by atoms with Crippen LogP contribution in [0.2, 0.25) is 0 Å². The number of carbonyl (C=O) groups excluding carboxylic acids is 1. The number of aromatic nitrogens is 4. The van der Waals surface area contributed by atoms with E-state index in [2.05, 4.69) is 26.1 Å². The predicted octanol–water partition coefficient (Wildman–Crippen LogP) is 2.99. The lowest BCUT2D eigenvalue weighted by atomic mass is 10.1. The summed E-state index contributed by atoms with van der Waals surface area (Å²) in [5.74, 6) is 0.973. The largest absolute Gasteiger partial charge is 0.486 e. The molecule has 0 fully saturated rings. The quantitative estimate of drug-likeness (QED) is 0.376. The summed E-state index contributed by atoms with van der Waals surface area (Å²) in [5.41, 5.74) is 4.73. The normalized spacial score (nSPS) is 11.3. The molecule has 0 aliphatic heterocycles. The van der Waals surface area contributed by atoms with Crippen molar-refractivity contribution in [2.24, 2.45) is 5.10 Å². The minimum Gasteiger partial charge on any atom is -0.486 e. The Morgan fingerprint density at radius 2 is 2.00 bits per heavy atom. The third-order valence-electron chi connectivity index (χ3n) is 4.21. The predicted molar refractivity (Wildman–Crippen MR) is 108 cm³/mol. The molecule has 9 heteroatoms. The van der Waals surface area contributed by atoms with Gasteiger partial charge in [0, 0.05) is 0 Å². The summed E-state index contributed by atoms with van der Waals surface area (Å²) >= 11 is 0. The maximum atomic E-state index is 12.3. The highest BCUT2D eigenvalue weighted by molar-refractivity contribution is 6.00. The number of nitrogens with zero attached hydrogens (tertiary/aromatic N) is 5. The molecule has 0 atom stereocenters. The third kappa shape index (κ3) is 4.58. The van der Waals surface area contributed by atoms with Crippen molar-refractivity contribution in [2.75, 3.05) is 0 Å². The van der Waals surface area contributed by atoms with Crippen LogP contribution < -0.4 is 10.2 Å². The molecule has 4 aromatic rings. The van der Waals surface area contributed by atoms with E-state index in [0.29, 0.717) is 11.5 Å². The highest BCUT2D eigenvalue weighted by Crippen LogP contribution is 2.14. The molecule has 1 amide bonds. The highest BCUT2D eigenvalue weighted by atomic mass is 16.5. The number of ether oxygens (including phenoxy) is 1. The van der Waals surface area contributed by atoms with Crippen LogP contribution in [0, 0.1) is 0 Å². The number of carbonyl (C=O) groups is 1. The number of amides is 1. The van der Waals surface area contributed by atoms with E-state index >= 15 is 0 Å². The average Bonchev–Trinajstić information content (AvgIpc) is 3.49. The van der Waals surface area contributed by atoms with Gasteiger partial charge in [0.15, 0.2) is 5.76 Å². The maximum Gasteiger partial charge on any atom is 0.307 e. The first kappa shape index (κ1) is 19.1. The maximum absolute atomic E-state index is 12.3. The van der Waals surface area contributed by atoms with E-state index in [1.54, 1.807) is 19.1 Å². The molecule has 0 saturated heterocycles. The van der Waals surface area contributed by atoms with Crippen LogP contribution in [-0.4, -0.2) is 31.8 Å². The zero-order chi connectivity index (χ0) is 20.8. The standard InChI is InChI=1S/C21H18N6O3/c1-15(16-6-5-7-17(12-16)27-14-22-25-26-27)23-24-21(28)20-11-10-19(30-20)13-29-18-8-3-2-4-9-18/h2-12,14H,13H2,1H3,(H,24,28)/b23-15-. The Bertz CT molecular complexity index is 1150. The molecular formula is C21H18N6O3. The topological polar surface area (TPSA) is 107 Å². The fourth-order valence-corrected chi connectivity index (χ4v) is 2.66. The highest BCUT2D eigenvalue weighted by Gasteiger charge is 2.11. The fourth-order valence-electron chi connectivity index (χ4n) is 2.66. The van der Waals surface area contributed by atoms with E-state index in [1.807, 2.05) is 54.6 Å². The van der Waals surface area contributed by atoms with Crippen molar-refractivity contribution < 1.29 is 13.9 Å². The van der Waals surface area contributed by atoms with E-state index < -0.39 is 5.91 Å². The Kier molecular flexibility index (Phi) is 5.61. The van der Waals surface area contributed by atoms with Crippen LogP contribution in [0.3, 0.4) is 0 Å². The number of tetrazole rings is 1. The summed E-state index contributed by atoms with van der Waals surface area (Å²) in [6.07, 6.45) is 1.50. The molecule has 30 heavy (non-hydrogen) atoms. The van der Waals surface area contributed by atoms with Crippen molar-refractivity contribution in [3.8, 4) is 11.4 Å². The third-order valence-corrected chi connectivity index (χ3v) is 4.21. The van der Waals surface area contributed by atoms with Gasteiger partial charge in [0.25, 0.3) is 0 Å². The number of benzene rings is 2. The molecule has 9 nitrogen and oxygen atoms in total. The number of nitrogens with one attached hydrogen (secondary N) is 1. The van der Waals surface area contributed by atoms with Crippen molar-refractivity contribution >= 4 is 11.6 Å². The van der Waals surface area contributed by atoms with Crippen LogP contribution in [-0.2, 0) is 6.61 Å². The molecule has 0 spiro atoms. The molecule has 0 aliphatic rings. The van der Waals surface area contributed by atoms with Gasteiger partial charge < -0.3 is 9.15 Å². The average molecular weight is 402 g/mol. The first-order chi connectivity index (χ1) is 14.7. The van der Waals surface area contributed by atoms with E-state index in [4.69, 9.17) is 9.15 Å². The van der Waals surface area contributed by atoms with Crippen LogP contribution in [0.4, 0.5) is 0 Å². The van der Waals surface area contributed by atoms with Crippen LogP contribution in [0.15, 0.2) is 82.6 Å². The summed E-state index contributed by atoms with van der Waals surface area (Å²) in [6.45, 7) is 2.02. The van der Waals surface area contributed by atoms with Crippen LogP contribution >= 0.6 is 0 Å². The zero-order valence-electron chi connectivity index (χ0n) is 16.1. The zero-order valence-corrected chi connectivity index (χ0v) is 16.1. The number of hydrogen-bond donors (Lipinski definition) is 1. The summed E-state index contributed by atoms with van der Waals surface area (Å²) in [4.78, 5) is 12.3. The van der Waals surface area contributed by atoms with Gasteiger partial charge in [0.1, 0.15) is 24.4 Å². The van der Waals surface area contributed by atoms with Gasteiger partial charge in [0.2, 0.25) is 0 Å². The Hall–Kier alpha value is -4.27. The SMILES string of the molecule is C/C(=N/NC(=O)c1ccc(COc2ccccc2)o1)c1cccc(-n2cnnn2)c1. The van der Waals surface area contributed by atoms with Gasteiger partial charge in [-0.1, -0.05) is 30.3 Å². The molecule has 150 valence electrons. The van der Waals surface area contributed by atoms with Crippen LogP contribution in [0.25, 0.3) is 5.69 Å². The molecule has 0 saturated carbocycles. The Morgan fingerprint density at radius 3 is 2.80 bits per heavy atom. The second-order valence-corrected chi connectivity index (χ2v) is 6.31. The van der Waals surface area contributed by atoms with Gasteiger partial charge in [0.05, 0.1) is 11.4 Å². The molecule has 0 bridgehead atoms. The van der Waals surface area contributed by atoms with Gasteiger partial charge in [-0.15, -0.1) is 5.10 Å². The minimum absolute atomic E-state index is 0.153. The fraction of sp³-hybridized carbons (Fsp3) is 0.0952. The van der Waals surface area contributed by atoms with Crippen molar-refractivity contribution in [1.29, 1.82) is 0 Å². The molecule has 4 rings (SSSR count). The summed E-state index contributed by atoms with van der Waals surface area (Å²) in [5, 5.41) is 15.3. The minimum atomic E-state index is -0.447. The smallest absolute Gasteiger partial charge is 0.307 e. The first-order valence-corrected chi connectivity index (χ1v) is 9.14. The second kappa shape index (κ2) is 8.82. The molecule has 0 unspecified atom stereocenters. The summed E-state index contributed by atoms with van der Waals surface area (Å²) in [7, 11) is 0. The van der Waals surface area contributed by atoms with Crippen molar-refractivity contribution in [1.82, 2.24) is 25.6 Å². The van der Waals surface area contributed by atoms with Crippen molar-refractivity contribution in [3.05, 3.63) is 90.1 Å². The molecular weight excluding hydrogens is 384 g/mol. The number of rotatable bonds is 7. The Balaban J connectivity index is 1.38. The van der Waals surface area contributed by atoms with Gasteiger partial charge in [-0.3, -0.25) is 4.79 Å². The van der Waals surface area contributed by atoms with E-state index in [9.17, 15) is 4.79 Å². The van der Waals surface area contributed by atoms with E-state index in [-0.39, 0.29) is 12.4 Å². The molecule has 1 N–H and O–H groups in total. The van der Waals surface area contributed by atoms with Gasteiger partial charge >= 0.3 is 5.91 Å². The van der Waals surface area contributed by atoms with Gasteiger partial charge in [-0.25, -0.2) is 10.1 Å². The Labute approximate surface area is 172 Å². The van der Waals surface area contributed by atoms with Crippen molar-refractivity contribution in [2.45, 2.75) is 13.5 Å². The van der Waals surface area contributed by atoms with E-state index in [1.165, 1.54) is 11.0 Å². The molecule has 2 aromatic carbocycles. The van der Waals surface area contributed by atoms with Gasteiger partial charge in [-0.2, -0.15) is 5.10 Å². The van der Waals surface area contributed by atoms with Crippen molar-refractivity contribution in [3.63, 3.8) is 0 Å². The van der Waals surface area contributed by atoms with Gasteiger partial charge in [-0.05, 0) is 59.3 Å². The number of hydrazone groups is 1. The summed E-state index contributed by atoms with van der Waals surface area (Å²) in [6, 6.07) is 20.1. The van der Waals surface area contributed by atoms with Crippen LogP contribution in [0.1, 0.15) is 28.8 Å². The lowest BCUT2D eigenvalue weighted by Crippen LogP contribution is -2.18. The summed E-state index contributed by atoms with van der Waals surface area (Å²) < 4.78 is 12.7. The molecule has 2 aromatic heterocycles.